The minimum atomic E-state index is -4.40. The van der Waals surface area contributed by atoms with E-state index in [9.17, 15) is 27.6 Å². The zero-order chi connectivity index (χ0) is 22.6. The summed E-state index contributed by atoms with van der Waals surface area (Å²) in [6.07, 6.45) is 4.78. The lowest BCUT2D eigenvalue weighted by Crippen LogP contribution is -2.55. The number of amides is 1. The van der Waals surface area contributed by atoms with Gasteiger partial charge in [0.15, 0.2) is 0 Å². The summed E-state index contributed by atoms with van der Waals surface area (Å²) < 4.78 is 37.8. The summed E-state index contributed by atoms with van der Waals surface area (Å²) in [7, 11) is 0. The largest absolute Gasteiger partial charge is 0.405 e. The summed E-state index contributed by atoms with van der Waals surface area (Å²) in [5.41, 5.74) is 0. The van der Waals surface area contributed by atoms with Crippen LogP contribution in [0.1, 0.15) is 70.6 Å². The lowest BCUT2D eigenvalue weighted by molar-refractivity contribution is -0.155. The molecule has 9 atom stereocenters. The van der Waals surface area contributed by atoms with Crippen molar-refractivity contribution in [3.8, 4) is 0 Å². The van der Waals surface area contributed by atoms with E-state index >= 15 is 0 Å². The second-order valence-corrected chi connectivity index (χ2v) is 11.2. The van der Waals surface area contributed by atoms with Crippen LogP contribution in [0.5, 0.6) is 0 Å². The number of halogens is 3. The molecule has 5 saturated carbocycles. The quantitative estimate of drug-likeness (QED) is 0.659. The Morgan fingerprint density at radius 1 is 0.812 bits per heavy atom. The number of carbonyl (C=O) groups is 3. The molecule has 0 bridgehead atoms. The van der Waals surface area contributed by atoms with Crippen LogP contribution >= 0.6 is 0 Å². The SMILES string of the molecule is O=C1CCC2C(CCC3C2CC(=O)C2C3CCC3C2CCC[C@H]3C(=O)NCC(F)(F)F)C1. The molecule has 5 fully saturated rings. The van der Waals surface area contributed by atoms with Crippen LogP contribution in [0.25, 0.3) is 0 Å². The Kier molecular flexibility index (Phi) is 5.90. The lowest BCUT2D eigenvalue weighted by Gasteiger charge is -2.57. The van der Waals surface area contributed by atoms with Crippen molar-refractivity contribution in [2.24, 2.45) is 53.3 Å². The summed E-state index contributed by atoms with van der Waals surface area (Å²) in [5.74, 6) is 2.23. The lowest BCUT2D eigenvalue weighted by atomic mass is 9.46. The Balaban J connectivity index is 1.31. The predicted molar refractivity (Wildman–Crippen MR) is 111 cm³/mol. The first kappa shape index (κ1) is 22.4. The highest BCUT2D eigenvalue weighted by atomic mass is 19.4. The third-order valence-corrected chi connectivity index (χ3v) is 9.86. The maximum absolute atomic E-state index is 13.5. The minimum Gasteiger partial charge on any atom is -0.347 e. The van der Waals surface area contributed by atoms with E-state index in [0.717, 1.165) is 44.9 Å². The van der Waals surface area contributed by atoms with Crippen LogP contribution in [0.4, 0.5) is 13.2 Å². The number of fused-ring (bicyclic) bond motifs is 7. The first-order valence-electron chi connectivity index (χ1n) is 12.6. The second-order valence-electron chi connectivity index (χ2n) is 11.2. The Hall–Kier alpha value is -1.40. The molecule has 0 saturated heterocycles. The third kappa shape index (κ3) is 4.02. The molecule has 1 amide bonds. The van der Waals surface area contributed by atoms with Crippen molar-refractivity contribution in [2.75, 3.05) is 6.54 Å². The average Bonchev–Trinajstić information content (AvgIpc) is 2.75. The number of Topliss-reactive ketones (excluding diaryl/α,β-unsaturated/α-hetero) is 2. The van der Waals surface area contributed by atoms with Crippen LogP contribution in [-0.2, 0) is 14.4 Å². The molecule has 178 valence electrons. The van der Waals surface area contributed by atoms with E-state index in [4.69, 9.17) is 0 Å². The summed E-state index contributed by atoms with van der Waals surface area (Å²) >= 11 is 0. The summed E-state index contributed by atoms with van der Waals surface area (Å²) in [6, 6.07) is 0. The van der Waals surface area contributed by atoms with Crippen LogP contribution in [0.3, 0.4) is 0 Å². The average molecular weight is 454 g/mol. The monoisotopic (exact) mass is 453 g/mol. The molecule has 0 aromatic rings. The molecule has 32 heavy (non-hydrogen) atoms. The van der Waals surface area contributed by atoms with Crippen molar-refractivity contribution in [1.82, 2.24) is 5.32 Å². The summed E-state index contributed by atoms with van der Waals surface area (Å²) in [4.78, 5) is 38.1. The Morgan fingerprint density at radius 2 is 1.53 bits per heavy atom. The number of alkyl halides is 3. The highest BCUT2D eigenvalue weighted by Gasteiger charge is 2.56. The predicted octanol–water partition coefficient (Wildman–Crippen LogP) is 4.71. The Bertz CT molecular complexity index is 781. The maximum Gasteiger partial charge on any atom is 0.405 e. The molecule has 0 radical (unpaired) electrons. The molecule has 0 aliphatic heterocycles. The Morgan fingerprint density at radius 3 is 2.31 bits per heavy atom. The highest BCUT2D eigenvalue weighted by molar-refractivity contribution is 5.84. The second kappa shape index (κ2) is 8.43. The molecule has 5 rings (SSSR count). The standard InChI is InChI=1S/C25H34F3NO3/c26-25(27,28)12-29-24(32)20-3-1-2-18-16(20)8-9-19-17-6-4-13-10-14(30)5-7-15(13)21(17)11-22(31)23(18)19/h13,15-21,23H,1-12H2,(H,29,32)/t13?,15?,16?,17?,18?,19?,20-,21?,23?/m1/s1. The first-order valence-corrected chi connectivity index (χ1v) is 12.6. The van der Waals surface area contributed by atoms with Crippen molar-refractivity contribution < 1.29 is 27.6 Å². The fourth-order valence-electron chi connectivity index (χ4n) is 8.77. The number of carbonyl (C=O) groups excluding carboxylic acids is 3. The van der Waals surface area contributed by atoms with Crippen molar-refractivity contribution >= 4 is 17.5 Å². The van der Waals surface area contributed by atoms with Crippen LogP contribution < -0.4 is 5.32 Å². The van der Waals surface area contributed by atoms with Gasteiger partial charge in [-0.3, -0.25) is 14.4 Å². The van der Waals surface area contributed by atoms with Gasteiger partial charge in [0.2, 0.25) is 5.91 Å². The minimum absolute atomic E-state index is 0.0185. The van der Waals surface area contributed by atoms with Crippen molar-refractivity contribution in [3.05, 3.63) is 0 Å². The van der Waals surface area contributed by atoms with Crippen molar-refractivity contribution in [1.29, 1.82) is 0 Å². The Labute approximate surface area is 187 Å². The van der Waals surface area contributed by atoms with Gasteiger partial charge in [-0.05, 0) is 86.4 Å². The molecule has 8 unspecified atom stereocenters. The molecule has 4 nitrogen and oxygen atoms in total. The number of hydrogen-bond acceptors (Lipinski definition) is 3. The van der Waals surface area contributed by atoms with Crippen LogP contribution in [0.15, 0.2) is 0 Å². The number of rotatable bonds is 2. The van der Waals surface area contributed by atoms with Gasteiger partial charge >= 0.3 is 6.18 Å². The van der Waals surface area contributed by atoms with Gasteiger partial charge in [-0.2, -0.15) is 13.2 Å². The molecule has 5 aliphatic carbocycles. The number of hydrogen-bond donors (Lipinski definition) is 1. The van der Waals surface area contributed by atoms with Gasteiger partial charge in [-0.25, -0.2) is 0 Å². The van der Waals surface area contributed by atoms with E-state index < -0.39 is 24.5 Å². The van der Waals surface area contributed by atoms with Crippen LogP contribution in [0.2, 0.25) is 0 Å². The van der Waals surface area contributed by atoms with E-state index in [1.54, 1.807) is 0 Å². The van der Waals surface area contributed by atoms with Gasteiger partial charge in [0, 0.05) is 31.1 Å². The number of nitrogens with one attached hydrogen (secondary N) is 1. The molecule has 0 aromatic carbocycles. The fraction of sp³-hybridized carbons (Fsp3) is 0.880. The van der Waals surface area contributed by atoms with E-state index in [-0.39, 0.29) is 17.8 Å². The van der Waals surface area contributed by atoms with Gasteiger partial charge < -0.3 is 5.32 Å². The molecule has 5 aliphatic rings. The maximum atomic E-state index is 13.5. The summed E-state index contributed by atoms with van der Waals surface area (Å²) in [5, 5.41) is 2.11. The van der Waals surface area contributed by atoms with Gasteiger partial charge in [0.25, 0.3) is 0 Å². The zero-order valence-corrected chi connectivity index (χ0v) is 18.5. The molecule has 0 aromatic heterocycles. The third-order valence-electron chi connectivity index (χ3n) is 9.86. The topological polar surface area (TPSA) is 63.2 Å². The van der Waals surface area contributed by atoms with Gasteiger partial charge in [0.05, 0.1) is 0 Å². The summed E-state index contributed by atoms with van der Waals surface area (Å²) in [6.45, 7) is -1.28. The van der Waals surface area contributed by atoms with Crippen molar-refractivity contribution in [2.45, 2.75) is 76.8 Å². The molecule has 7 heteroatoms. The van der Waals surface area contributed by atoms with Gasteiger partial charge in [0.1, 0.15) is 18.1 Å². The smallest absolute Gasteiger partial charge is 0.347 e. The van der Waals surface area contributed by atoms with Gasteiger partial charge in [-0.1, -0.05) is 6.42 Å². The molecule has 1 N–H and O–H groups in total. The van der Waals surface area contributed by atoms with E-state index in [0.29, 0.717) is 66.8 Å². The highest BCUT2D eigenvalue weighted by Crippen LogP contribution is 2.60. The van der Waals surface area contributed by atoms with E-state index in [2.05, 4.69) is 5.32 Å². The van der Waals surface area contributed by atoms with E-state index in [1.165, 1.54) is 0 Å². The zero-order valence-electron chi connectivity index (χ0n) is 18.5. The molecular weight excluding hydrogens is 419 g/mol. The number of ketones is 2. The van der Waals surface area contributed by atoms with Crippen molar-refractivity contribution in [3.63, 3.8) is 0 Å². The van der Waals surface area contributed by atoms with Crippen LogP contribution in [-0.4, -0.2) is 30.2 Å². The first-order chi connectivity index (χ1) is 15.2. The van der Waals surface area contributed by atoms with Gasteiger partial charge in [-0.15, -0.1) is 0 Å². The van der Waals surface area contributed by atoms with Crippen LogP contribution in [0, 0.1) is 53.3 Å². The molecular formula is C25H34F3NO3. The van der Waals surface area contributed by atoms with E-state index in [1.807, 2.05) is 0 Å². The normalized spacial score (nSPS) is 44.0. The fourth-order valence-corrected chi connectivity index (χ4v) is 8.77. The molecule has 0 heterocycles. The molecule has 0 spiro atoms.